The molecule has 0 radical (unpaired) electrons. The summed E-state index contributed by atoms with van der Waals surface area (Å²) in [4.78, 5) is 7.26. The first kappa shape index (κ1) is 14.7. The fourth-order valence-corrected chi connectivity index (χ4v) is 3.81. The molecule has 0 saturated carbocycles. The fraction of sp³-hybridized carbons (Fsp3) is 0.533. The van der Waals surface area contributed by atoms with Crippen LogP contribution in [0, 0.1) is 0 Å². The molecule has 2 aromatic heterocycles. The molecule has 0 fully saturated rings. The summed E-state index contributed by atoms with van der Waals surface area (Å²) < 4.78 is 0. The molecular weight excluding hydrogens is 272 g/mol. The van der Waals surface area contributed by atoms with Gasteiger partial charge in [0.05, 0.1) is 6.04 Å². The lowest BCUT2D eigenvalue weighted by Gasteiger charge is -2.19. The van der Waals surface area contributed by atoms with Gasteiger partial charge in [0.25, 0.3) is 0 Å². The van der Waals surface area contributed by atoms with Crippen molar-refractivity contribution in [3.8, 4) is 0 Å². The predicted molar refractivity (Wildman–Crippen MR) is 85.2 cm³/mol. The minimum absolute atomic E-state index is 0.216. The van der Waals surface area contributed by atoms with Gasteiger partial charge >= 0.3 is 0 Å². The number of aromatic nitrogens is 1. The van der Waals surface area contributed by atoms with E-state index < -0.39 is 0 Å². The second kappa shape index (κ2) is 5.73. The summed E-state index contributed by atoms with van der Waals surface area (Å²) in [5, 5.41) is 6.81. The molecule has 2 aromatic rings. The maximum absolute atomic E-state index is 4.48. The maximum atomic E-state index is 4.48. The lowest BCUT2D eigenvalue weighted by molar-refractivity contribution is 0.532. The van der Waals surface area contributed by atoms with E-state index in [1.54, 1.807) is 11.3 Å². The first-order chi connectivity index (χ1) is 8.88. The summed E-state index contributed by atoms with van der Waals surface area (Å²) in [5.41, 5.74) is 0.216. The second-order valence-electron chi connectivity index (χ2n) is 6.08. The van der Waals surface area contributed by atoms with Gasteiger partial charge in [-0.3, -0.25) is 0 Å². The maximum Gasteiger partial charge on any atom is 0.115 e. The van der Waals surface area contributed by atoms with E-state index in [1.165, 1.54) is 9.75 Å². The normalized spacial score (nSPS) is 14.0. The van der Waals surface area contributed by atoms with Crippen LogP contribution in [0.1, 0.15) is 55.4 Å². The van der Waals surface area contributed by atoms with Crippen molar-refractivity contribution in [3.05, 3.63) is 38.5 Å². The molecule has 0 aliphatic rings. The highest BCUT2D eigenvalue weighted by Crippen LogP contribution is 2.35. The second-order valence-corrected chi connectivity index (χ2v) is 8.12. The topological polar surface area (TPSA) is 24.9 Å². The minimum atomic E-state index is 0.216. The van der Waals surface area contributed by atoms with Crippen molar-refractivity contribution >= 4 is 22.7 Å². The molecule has 0 aliphatic heterocycles. The zero-order valence-electron chi connectivity index (χ0n) is 12.2. The summed E-state index contributed by atoms with van der Waals surface area (Å²) in [6.45, 7) is 11.1. The van der Waals surface area contributed by atoms with Crippen LogP contribution < -0.4 is 5.32 Å². The van der Waals surface area contributed by atoms with Crippen LogP contribution in [0.5, 0.6) is 0 Å². The highest BCUT2D eigenvalue weighted by molar-refractivity contribution is 7.13. The number of nitrogens with zero attached hydrogens (tertiary/aromatic N) is 1. The standard InChI is InChI=1S/C15H22N2S2/c1-10(2)17-13(14-16-8-9-18-14)11-6-7-12(19-11)15(3,4)5/h6-10,13,17H,1-5H3. The Morgan fingerprint density at radius 3 is 2.42 bits per heavy atom. The third kappa shape index (κ3) is 3.65. The minimum Gasteiger partial charge on any atom is -0.301 e. The van der Waals surface area contributed by atoms with Gasteiger partial charge in [-0.1, -0.05) is 20.8 Å². The molecule has 0 aromatic carbocycles. The summed E-state index contributed by atoms with van der Waals surface area (Å²) in [5.74, 6) is 0. The van der Waals surface area contributed by atoms with Crippen molar-refractivity contribution in [2.24, 2.45) is 0 Å². The first-order valence-electron chi connectivity index (χ1n) is 6.63. The summed E-state index contributed by atoms with van der Waals surface area (Å²) in [6.07, 6.45) is 1.88. The Morgan fingerprint density at radius 1 is 1.21 bits per heavy atom. The quantitative estimate of drug-likeness (QED) is 0.892. The van der Waals surface area contributed by atoms with Crippen molar-refractivity contribution in [1.29, 1.82) is 0 Å². The average molecular weight is 294 g/mol. The van der Waals surface area contributed by atoms with E-state index in [-0.39, 0.29) is 11.5 Å². The Hall–Kier alpha value is -0.710. The summed E-state index contributed by atoms with van der Waals surface area (Å²) in [6, 6.07) is 5.16. The molecular formula is C15H22N2S2. The largest absolute Gasteiger partial charge is 0.301 e. The highest BCUT2D eigenvalue weighted by Gasteiger charge is 2.22. The first-order valence-corrected chi connectivity index (χ1v) is 8.33. The Kier molecular flexibility index (Phi) is 4.43. The molecule has 2 nitrogen and oxygen atoms in total. The van der Waals surface area contributed by atoms with E-state index in [0.717, 1.165) is 5.01 Å². The van der Waals surface area contributed by atoms with Crippen LogP contribution >= 0.6 is 22.7 Å². The van der Waals surface area contributed by atoms with Gasteiger partial charge in [0.15, 0.2) is 0 Å². The molecule has 0 bridgehead atoms. The zero-order valence-corrected chi connectivity index (χ0v) is 13.9. The molecule has 104 valence electrons. The van der Waals surface area contributed by atoms with Crippen molar-refractivity contribution in [2.75, 3.05) is 0 Å². The molecule has 0 saturated heterocycles. The Balaban J connectivity index is 2.31. The van der Waals surface area contributed by atoms with Crippen molar-refractivity contribution in [1.82, 2.24) is 10.3 Å². The SMILES string of the molecule is CC(C)NC(c1ccc(C(C)(C)C)s1)c1nccs1. The molecule has 2 heterocycles. The number of thiophene rings is 1. The van der Waals surface area contributed by atoms with Gasteiger partial charge in [0, 0.05) is 27.4 Å². The molecule has 4 heteroatoms. The van der Waals surface area contributed by atoms with E-state index in [1.807, 2.05) is 22.9 Å². The van der Waals surface area contributed by atoms with Crippen LogP contribution in [0.3, 0.4) is 0 Å². The Bertz CT molecular complexity index is 506. The molecule has 19 heavy (non-hydrogen) atoms. The van der Waals surface area contributed by atoms with Crippen molar-refractivity contribution in [3.63, 3.8) is 0 Å². The smallest absolute Gasteiger partial charge is 0.115 e. The van der Waals surface area contributed by atoms with Crippen molar-refractivity contribution in [2.45, 2.75) is 52.1 Å². The monoisotopic (exact) mass is 294 g/mol. The van der Waals surface area contributed by atoms with Crippen LogP contribution in [-0.4, -0.2) is 11.0 Å². The van der Waals surface area contributed by atoms with Gasteiger partial charge in [-0.15, -0.1) is 22.7 Å². The third-order valence-electron chi connectivity index (χ3n) is 2.85. The van der Waals surface area contributed by atoms with E-state index in [4.69, 9.17) is 0 Å². The number of hydrogen-bond donors (Lipinski definition) is 1. The number of hydrogen-bond acceptors (Lipinski definition) is 4. The van der Waals surface area contributed by atoms with Crippen LogP contribution in [0.2, 0.25) is 0 Å². The van der Waals surface area contributed by atoms with Gasteiger partial charge in [-0.2, -0.15) is 0 Å². The lowest BCUT2D eigenvalue weighted by Crippen LogP contribution is -2.28. The molecule has 1 unspecified atom stereocenters. The molecule has 0 amide bonds. The van der Waals surface area contributed by atoms with Gasteiger partial charge < -0.3 is 5.32 Å². The van der Waals surface area contributed by atoms with Gasteiger partial charge in [0.2, 0.25) is 0 Å². The van der Waals surface area contributed by atoms with Crippen LogP contribution in [0.25, 0.3) is 0 Å². The summed E-state index contributed by atoms with van der Waals surface area (Å²) >= 11 is 3.61. The fourth-order valence-electron chi connectivity index (χ4n) is 1.90. The molecule has 0 spiro atoms. The van der Waals surface area contributed by atoms with Crippen LogP contribution in [0.15, 0.2) is 23.7 Å². The van der Waals surface area contributed by atoms with E-state index in [2.05, 4.69) is 57.1 Å². The molecule has 0 aliphatic carbocycles. The number of rotatable bonds is 4. The van der Waals surface area contributed by atoms with Gasteiger partial charge in [0.1, 0.15) is 5.01 Å². The van der Waals surface area contributed by atoms with E-state index in [0.29, 0.717) is 6.04 Å². The zero-order chi connectivity index (χ0) is 14.0. The van der Waals surface area contributed by atoms with Crippen LogP contribution in [-0.2, 0) is 5.41 Å². The predicted octanol–water partition coefficient (Wildman–Crippen LogP) is 4.59. The summed E-state index contributed by atoms with van der Waals surface area (Å²) in [7, 11) is 0. The van der Waals surface area contributed by atoms with Gasteiger partial charge in [-0.05, 0) is 31.4 Å². The molecule has 1 atom stereocenters. The number of thiazole rings is 1. The van der Waals surface area contributed by atoms with Crippen molar-refractivity contribution < 1.29 is 0 Å². The Morgan fingerprint density at radius 2 is 1.95 bits per heavy atom. The molecule has 2 rings (SSSR count). The van der Waals surface area contributed by atoms with Crippen LogP contribution in [0.4, 0.5) is 0 Å². The lowest BCUT2D eigenvalue weighted by atomic mass is 9.95. The number of nitrogens with one attached hydrogen (secondary N) is 1. The van der Waals surface area contributed by atoms with E-state index in [9.17, 15) is 0 Å². The molecule has 1 N–H and O–H groups in total. The van der Waals surface area contributed by atoms with E-state index >= 15 is 0 Å². The Labute approximate surface area is 123 Å². The highest BCUT2D eigenvalue weighted by atomic mass is 32.1. The third-order valence-corrected chi connectivity index (χ3v) is 5.27. The average Bonchev–Trinajstić information content (AvgIpc) is 2.96. The van der Waals surface area contributed by atoms with Gasteiger partial charge in [-0.25, -0.2) is 4.98 Å².